The highest BCUT2D eigenvalue weighted by molar-refractivity contribution is 7.22. The number of nitrogens with one attached hydrogen (secondary N) is 3. The number of benzene rings is 4. The third-order valence-electron chi connectivity index (χ3n) is 15.1. The number of piperidine rings is 1. The second kappa shape index (κ2) is 20.0. The van der Waals surface area contributed by atoms with Gasteiger partial charge in [0.2, 0.25) is 17.7 Å². The SMILES string of the molecule is Cc1c(OCCCC2CC3(C2)CN(CC(=O)Nc2ccc4c(C5CCC(=O)NC5=O)nn(C)c4c2)C3)cccc1-c1ccc(N2CCc3cccc(C(=O)Nc4nc5ccccc5s4)c3C2)nc1C(=O)OC(C)(C)C. The van der Waals surface area contributed by atoms with E-state index in [1.807, 2.05) is 120 Å². The van der Waals surface area contributed by atoms with Crippen LogP contribution in [0.2, 0.25) is 0 Å². The second-order valence-electron chi connectivity index (χ2n) is 21.8. The molecule has 17 heteroatoms. The van der Waals surface area contributed by atoms with Gasteiger partial charge in [0.25, 0.3) is 5.91 Å². The van der Waals surface area contributed by atoms with E-state index in [-0.39, 0.29) is 41.2 Å². The smallest absolute Gasteiger partial charge is 0.358 e. The van der Waals surface area contributed by atoms with Crippen LogP contribution in [0.5, 0.6) is 5.75 Å². The molecule has 11 rings (SSSR count). The van der Waals surface area contributed by atoms with Crippen molar-refractivity contribution in [3.8, 4) is 16.9 Å². The van der Waals surface area contributed by atoms with Crippen LogP contribution in [0.1, 0.15) is 108 Å². The first kappa shape index (κ1) is 49.7. The first-order valence-corrected chi connectivity index (χ1v) is 26.7. The van der Waals surface area contributed by atoms with Crippen LogP contribution >= 0.6 is 11.3 Å². The number of anilines is 3. The first-order valence-electron chi connectivity index (χ1n) is 25.9. The Bertz CT molecular complexity index is 3380. The number of ether oxygens (including phenoxy) is 2. The number of likely N-dealkylation sites (tertiary alicyclic amines) is 1. The Hall–Kier alpha value is -7.50. The summed E-state index contributed by atoms with van der Waals surface area (Å²) < 4.78 is 15.1. The zero-order valence-corrected chi connectivity index (χ0v) is 43.8. The maximum absolute atomic E-state index is 14.0. The molecule has 386 valence electrons. The number of nitrogens with zero attached hydrogens (tertiary/aromatic N) is 6. The molecule has 16 nitrogen and oxygen atoms in total. The van der Waals surface area contributed by atoms with E-state index >= 15 is 0 Å². The van der Waals surface area contributed by atoms with Gasteiger partial charge in [0.05, 0.1) is 40.5 Å². The monoisotopic (exact) mass is 1030 g/mol. The molecule has 4 aromatic carbocycles. The van der Waals surface area contributed by atoms with Gasteiger partial charge < -0.3 is 19.7 Å². The van der Waals surface area contributed by atoms with Crippen molar-refractivity contribution >= 4 is 78.7 Å². The van der Waals surface area contributed by atoms with Gasteiger partial charge in [-0.2, -0.15) is 5.10 Å². The number of aromatic nitrogens is 4. The molecule has 4 amide bonds. The van der Waals surface area contributed by atoms with E-state index in [1.54, 1.807) is 4.68 Å². The fourth-order valence-corrected chi connectivity index (χ4v) is 12.5. The van der Waals surface area contributed by atoms with Crippen LogP contribution in [0.25, 0.3) is 32.2 Å². The Morgan fingerprint density at radius 1 is 0.907 bits per heavy atom. The van der Waals surface area contributed by atoms with E-state index in [2.05, 4.69) is 41.9 Å². The average molecular weight is 1030 g/mol. The third-order valence-corrected chi connectivity index (χ3v) is 16.0. The molecule has 0 radical (unpaired) electrons. The Labute approximate surface area is 439 Å². The van der Waals surface area contributed by atoms with Crippen molar-refractivity contribution < 1.29 is 33.4 Å². The van der Waals surface area contributed by atoms with Crippen molar-refractivity contribution in [2.24, 2.45) is 18.4 Å². The maximum Gasteiger partial charge on any atom is 0.358 e. The number of thiazole rings is 1. The minimum atomic E-state index is -0.745. The number of aryl methyl sites for hydroxylation is 1. The van der Waals surface area contributed by atoms with Crippen molar-refractivity contribution in [2.45, 2.75) is 90.7 Å². The summed E-state index contributed by atoms with van der Waals surface area (Å²) in [6.07, 6.45) is 5.68. The standard InChI is InChI=1S/C58H61N9O7S/c1-34-38(39-20-22-48(61-52(39)55(72)74-57(2,3)4)67-25-24-36-12-8-14-40(43(36)30-67)53(70)63-56-60-44-15-6-7-17-47(44)75-56)13-9-16-46(34)73-26-10-11-35-28-58(29-35)32-66(33-58)31-50(69)59-37-18-19-41-45(27-37)65(5)64-51(41)42-21-23-49(68)62-54(42)71/h6-9,12-20,22,27,35,42H,10-11,21,23-26,28-33H2,1-5H3,(H,59,69)(H,60,63,70)(H,62,68,71). The van der Waals surface area contributed by atoms with E-state index in [1.165, 1.54) is 11.3 Å². The fourth-order valence-electron chi connectivity index (χ4n) is 11.6. The molecule has 3 fully saturated rings. The van der Waals surface area contributed by atoms with Crippen LogP contribution < -0.4 is 25.6 Å². The first-order chi connectivity index (χ1) is 36.0. The number of esters is 1. The molecule has 1 aliphatic carbocycles. The van der Waals surface area contributed by atoms with E-state index in [0.29, 0.717) is 78.5 Å². The molecule has 2 saturated heterocycles. The van der Waals surface area contributed by atoms with E-state index in [4.69, 9.17) is 14.5 Å². The normalized spacial score (nSPS) is 17.6. The van der Waals surface area contributed by atoms with Gasteiger partial charge in [-0.3, -0.25) is 39.4 Å². The highest BCUT2D eigenvalue weighted by Gasteiger charge is 2.52. The van der Waals surface area contributed by atoms with Gasteiger partial charge >= 0.3 is 5.97 Å². The largest absolute Gasteiger partial charge is 0.493 e. The van der Waals surface area contributed by atoms with Crippen LogP contribution in [0, 0.1) is 18.3 Å². The molecule has 1 saturated carbocycles. The lowest BCUT2D eigenvalue weighted by Gasteiger charge is -2.59. The van der Waals surface area contributed by atoms with Crippen molar-refractivity contribution in [1.82, 2.24) is 30.0 Å². The summed E-state index contributed by atoms with van der Waals surface area (Å²) in [7, 11) is 1.81. The molecule has 1 spiro atoms. The highest BCUT2D eigenvalue weighted by Crippen LogP contribution is 2.53. The lowest BCUT2D eigenvalue weighted by Crippen LogP contribution is -2.63. The number of pyridine rings is 1. The van der Waals surface area contributed by atoms with E-state index in [0.717, 1.165) is 87.9 Å². The molecular weight excluding hydrogens is 967 g/mol. The maximum atomic E-state index is 14.0. The Balaban J connectivity index is 0.680. The summed E-state index contributed by atoms with van der Waals surface area (Å²) in [6.45, 7) is 11.4. The molecule has 1 unspecified atom stereocenters. The minimum absolute atomic E-state index is 0.0672. The summed E-state index contributed by atoms with van der Waals surface area (Å²) in [5.41, 5.74) is 7.72. The molecule has 3 aliphatic heterocycles. The number of hydrogen-bond acceptors (Lipinski definition) is 13. The molecule has 3 aromatic heterocycles. The number of hydrogen-bond donors (Lipinski definition) is 3. The summed E-state index contributed by atoms with van der Waals surface area (Å²) in [5.74, 6) is 0.129. The van der Waals surface area contributed by atoms with Gasteiger partial charge in [-0.25, -0.2) is 14.8 Å². The van der Waals surface area contributed by atoms with E-state index in [9.17, 15) is 24.0 Å². The number of para-hydroxylation sites is 1. The quantitative estimate of drug-likeness (QED) is 0.0533. The predicted octanol–water partition coefficient (Wildman–Crippen LogP) is 9.35. The lowest BCUT2D eigenvalue weighted by molar-refractivity contribution is -0.134. The number of imide groups is 1. The van der Waals surface area contributed by atoms with Gasteiger partial charge in [-0.05, 0) is 154 Å². The summed E-state index contributed by atoms with van der Waals surface area (Å²) in [5, 5.41) is 14.5. The van der Waals surface area contributed by atoms with Crippen LogP contribution in [0.3, 0.4) is 0 Å². The fraction of sp³-hybridized carbons (Fsp3) is 0.379. The van der Waals surface area contributed by atoms with Crippen LogP contribution in [-0.2, 0) is 39.1 Å². The molecule has 1 atom stereocenters. The van der Waals surface area contributed by atoms with Gasteiger partial charge in [-0.15, -0.1) is 0 Å². The van der Waals surface area contributed by atoms with Gasteiger partial charge in [-0.1, -0.05) is 47.7 Å². The zero-order valence-electron chi connectivity index (χ0n) is 43.0. The van der Waals surface area contributed by atoms with Crippen molar-refractivity contribution in [3.05, 3.63) is 125 Å². The number of fused-ring (bicyclic) bond motifs is 3. The number of amides is 4. The third kappa shape index (κ3) is 10.3. The zero-order chi connectivity index (χ0) is 52.2. The molecule has 75 heavy (non-hydrogen) atoms. The van der Waals surface area contributed by atoms with Gasteiger partial charge in [0, 0.05) is 61.8 Å². The molecule has 4 aliphatic rings. The summed E-state index contributed by atoms with van der Waals surface area (Å²) in [6, 6.07) is 29.1. The highest BCUT2D eigenvalue weighted by atomic mass is 32.1. The predicted molar refractivity (Wildman–Crippen MR) is 289 cm³/mol. The minimum Gasteiger partial charge on any atom is -0.493 e. The number of carbonyl (C=O) groups is 5. The topological polar surface area (TPSA) is 190 Å². The average Bonchev–Trinajstić information content (AvgIpc) is 3.92. The molecule has 3 N–H and O–H groups in total. The molecule has 0 bridgehead atoms. The van der Waals surface area contributed by atoms with Crippen molar-refractivity contribution in [2.75, 3.05) is 48.3 Å². The summed E-state index contributed by atoms with van der Waals surface area (Å²) in [4.78, 5) is 79.2. The Morgan fingerprint density at radius 2 is 1.72 bits per heavy atom. The Morgan fingerprint density at radius 3 is 2.52 bits per heavy atom. The molecule has 7 aromatic rings. The lowest BCUT2D eigenvalue weighted by atomic mass is 9.57. The number of carbonyl (C=O) groups excluding carboxylic acids is 5. The van der Waals surface area contributed by atoms with Crippen molar-refractivity contribution in [1.29, 1.82) is 0 Å². The molecule has 6 heterocycles. The van der Waals surface area contributed by atoms with Gasteiger partial charge in [0.1, 0.15) is 17.2 Å². The van der Waals surface area contributed by atoms with Crippen LogP contribution in [-0.4, -0.2) is 92.6 Å². The summed E-state index contributed by atoms with van der Waals surface area (Å²) >= 11 is 1.44. The second-order valence-corrected chi connectivity index (χ2v) is 22.8. The van der Waals surface area contributed by atoms with Crippen molar-refractivity contribution in [3.63, 3.8) is 0 Å². The molecular formula is C58H61N9O7S. The van der Waals surface area contributed by atoms with Gasteiger partial charge in [0.15, 0.2) is 10.8 Å². The van der Waals surface area contributed by atoms with Crippen LogP contribution in [0.15, 0.2) is 91.0 Å². The Kier molecular flexibility index (Phi) is 13.2. The number of rotatable bonds is 14. The van der Waals surface area contributed by atoms with E-state index < -0.39 is 17.5 Å². The van der Waals surface area contributed by atoms with Crippen LogP contribution in [0.4, 0.5) is 16.6 Å².